The number of hydrogen-bond donors (Lipinski definition) is 1. The second-order valence-corrected chi connectivity index (χ2v) is 8.42. The van der Waals surface area contributed by atoms with E-state index in [1.54, 1.807) is 36.4 Å². The van der Waals surface area contributed by atoms with Crippen molar-refractivity contribution in [1.82, 2.24) is 10.4 Å². The lowest BCUT2D eigenvalue weighted by Crippen LogP contribution is -2.45. The van der Waals surface area contributed by atoms with Crippen LogP contribution in [0.3, 0.4) is 0 Å². The molecule has 0 aromatic heterocycles. The van der Waals surface area contributed by atoms with Crippen LogP contribution < -0.4 is 10.3 Å². The molecule has 30 heavy (non-hydrogen) atoms. The van der Waals surface area contributed by atoms with E-state index in [4.69, 9.17) is 23.8 Å². The van der Waals surface area contributed by atoms with Gasteiger partial charge in [-0.2, -0.15) is 5.01 Å². The van der Waals surface area contributed by atoms with Crippen molar-refractivity contribution in [3.63, 3.8) is 0 Å². The van der Waals surface area contributed by atoms with Crippen LogP contribution in [0.15, 0.2) is 53.4 Å². The van der Waals surface area contributed by atoms with E-state index in [1.165, 1.54) is 19.1 Å². The SMILES string of the molecule is CC(=O)N1C(=O)C(=C2SC(=S)N(NC(=O)c3ccc(Cl)cc3)C2=O)c2ccccc21. The number of carbonyl (C=O) groups is 4. The Balaban J connectivity index is 1.69. The van der Waals surface area contributed by atoms with Crippen molar-refractivity contribution in [2.24, 2.45) is 0 Å². The molecule has 0 radical (unpaired) electrons. The number of amides is 4. The van der Waals surface area contributed by atoms with Crippen LogP contribution in [0.2, 0.25) is 5.02 Å². The van der Waals surface area contributed by atoms with Crippen molar-refractivity contribution >= 4 is 74.8 Å². The third-order valence-electron chi connectivity index (χ3n) is 4.46. The molecule has 0 atom stereocenters. The summed E-state index contributed by atoms with van der Waals surface area (Å²) in [7, 11) is 0. The van der Waals surface area contributed by atoms with Gasteiger partial charge in [-0.3, -0.25) is 24.6 Å². The lowest BCUT2D eigenvalue weighted by Gasteiger charge is -2.15. The highest BCUT2D eigenvalue weighted by Crippen LogP contribution is 2.44. The van der Waals surface area contributed by atoms with Gasteiger partial charge in [0.15, 0.2) is 4.32 Å². The first kappa shape index (κ1) is 20.3. The maximum atomic E-state index is 13.0. The largest absolute Gasteiger partial charge is 0.286 e. The van der Waals surface area contributed by atoms with Gasteiger partial charge < -0.3 is 0 Å². The summed E-state index contributed by atoms with van der Waals surface area (Å²) in [6, 6.07) is 12.8. The summed E-state index contributed by atoms with van der Waals surface area (Å²) >= 11 is 12.0. The number of halogens is 1. The maximum absolute atomic E-state index is 13.0. The molecule has 0 aliphatic carbocycles. The Labute approximate surface area is 185 Å². The Morgan fingerprint density at radius 2 is 1.70 bits per heavy atom. The summed E-state index contributed by atoms with van der Waals surface area (Å²) in [5.74, 6) is -2.27. The zero-order valence-electron chi connectivity index (χ0n) is 15.3. The molecule has 0 spiro atoms. The number of imide groups is 1. The Morgan fingerprint density at radius 3 is 2.37 bits per heavy atom. The van der Waals surface area contributed by atoms with Crippen molar-refractivity contribution in [2.45, 2.75) is 6.92 Å². The molecule has 4 amide bonds. The van der Waals surface area contributed by atoms with Gasteiger partial charge in [0.1, 0.15) is 0 Å². The molecule has 4 rings (SSSR count). The normalized spacial score (nSPS) is 18.1. The van der Waals surface area contributed by atoms with Crippen molar-refractivity contribution < 1.29 is 19.2 Å². The lowest BCUT2D eigenvalue weighted by molar-refractivity contribution is -0.125. The number of fused-ring (bicyclic) bond motifs is 1. The van der Waals surface area contributed by atoms with Gasteiger partial charge in [0.05, 0.1) is 16.2 Å². The van der Waals surface area contributed by atoms with Crippen molar-refractivity contribution in [1.29, 1.82) is 0 Å². The van der Waals surface area contributed by atoms with Crippen LogP contribution in [0, 0.1) is 0 Å². The van der Waals surface area contributed by atoms with Crippen molar-refractivity contribution in [3.8, 4) is 0 Å². The van der Waals surface area contributed by atoms with Crippen molar-refractivity contribution in [2.75, 3.05) is 4.90 Å². The number of rotatable bonds is 2. The maximum Gasteiger partial charge on any atom is 0.286 e. The Morgan fingerprint density at radius 1 is 1.03 bits per heavy atom. The molecule has 2 aromatic rings. The minimum absolute atomic E-state index is 0.0533. The monoisotopic (exact) mass is 457 g/mol. The third kappa shape index (κ3) is 3.30. The van der Waals surface area contributed by atoms with Crippen LogP contribution in [0.25, 0.3) is 5.57 Å². The molecule has 10 heteroatoms. The number of para-hydroxylation sites is 1. The van der Waals surface area contributed by atoms with Crippen LogP contribution >= 0.6 is 35.6 Å². The quantitative estimate of drug-likeness (QED) is 0.550. The summed E-state index contributed by atoms with van der Waals surface area (Å²) in [5.41, 5.74) is 3.69. The highest BCUT2D eigenvalue weighted by atomic mass is 35.5. The molecule has 2 aromatic carbocycles. The van der Waals surface area contributed by atoms with Crippen LogP contribution in [0.4, 0.5) is 5.69 Å². The number of hydrazine groups is 1. The first-order chi connectivity index (χ1) is 14.3. The van der Waals surface area contributed by atoms with E-state index in [1.807, 2.05) is 0 Å². The second kappa shape index (κ2) is 7.67. The van der Waals surface area contributed by atoms with Crippen LogP contribution in [0.1, 0.15) is 22.8 Å². The van der Waals surface area contributed by atoms with Gasteiger partial charge in [-0.05, 0) is 42.5 Å². The zero-order valence-corrected chi connectivity index (χ0v) is 17.7. The lowest BCUT2D eigenvalue weighted by atomic mass is 10.1. The fourth-order valence-corrected chi connectivity index (χ4v) is 4.51. The third-order valence-corrected chi connectivity index (χ3v) is 6.09. The van der Waals surface area contributed by atoms with E-state index in [0.29, 0.717) is 16.3 Å². The molecule has 1 fully saturated rings. The molecule has 150 valence electrons. The van der Waals surface area contributed by atoms with E-state index < -0.39 is 23.6 Å². The van der Waals surface area contributed by atoms with Crippen LogP contribution in [-0.4, -0.2) is 33.0 Å². The molecule has 2 heterocycles. The fraction of sp³-hybridized carbons (Fsp3) is 0.0500. The molecule has 0 saturated carbocycles. The molecule has 2 aliphatic rings. The minimum atomic E-state index is -0.643. The number of thiocarbonyl (C=S) groups is 1. The van der Waals surface area contributed by atoms with Gasteiger partial charge in [-0.25, -0.2) is 4.90 Å². The van der Waals surface area contributed by atoms with Crippen LogP contribution in [-0.2, 0) is 14.4 Å². The average molecular weight is 458 g/mol. The van der Waals surface area contributed by atoms with Gasteiger partial charge >= 0.3 is 0 Å². The van der Waals surface area contributed by atoms with Gasteiger partial charge in [0, 0.05) is 23.1 Å². The zero-order chi connectivity index (χ0) is 21.6. The van der Waals surface area contributed by atoms with E-state index in [-0.39, 0.29) is 20.4 Å². The summed E-state index contributed by atoms with van der Waals surface area (Å²) in [5, 5.41) is 1.39. The Bertz CT molecular complexity index is 1180. The number of benzene rings is 2. The highest BCUT2D eigenvalue weighted by molar-refractivity contribution is 8.26. The molecule has 2 aliphatic heterocycles. The first-order valence-corrected chi connectivity index (χ1v) is 10.2. The van der Waals surface area contributed by atoms with Crippen LogP contribution in [0.5, 0.6) is 0 Å². The van der Waals surface area contributed by atoms with Gasteiger partial charge in [0.2, 0.25) is 5.91 Å². The summed E-state index contributed by atoms with van der Waals surface area (Å²) in [4.78, 5) is 51.5. The number of carbonyl (C=O) groups excluding carboxylic acids is 4. The van der Waals surface area contributed by atoms with Crippen molar-refractivity contribution in [3.05, 3.63) is 69.6 Å². The Hall–Kier alpha value is -3.01. The highest BCUT2D eigenvalue weighted by Gasteiger charge is 2.43. The molecule has 1 saturated heterocycles. The predicted molar refractivity (Wildman–Crippen MR) is 117 cm³/mol. The van der Waals surface area contributed by atoms with E-state index in [9.17, 15) is 19.2 Å². The minimum Gasteiger partial charge on any atom is -0.274 e. The summed E-state index contributed by atoms with van der Waals surface area (Å²) in [6.45, 7) is 1.27. The number of thioether (sulfide) groups is 1. The van der Waals surface area contributed by atoms with Gasteiger partial charge in [-0.15, -0.1) is 0 Å². The summed E-state index contributed by atoms with van der Waals surface area (Å²) < 4.78 is 0.0661. The molecule has 7 nitrogen and oxygen atoms in total. The van der Waals surface area contributed by atoms with E-state index in [0.717, 1.165) is 21.7 Å². The molecule has 0 unspecified atom stereocenters. The predicted octanol–water partition coefficient (Wildman–Crippen LogP) is 3.15. The standard InChI is InChI=1S/C20H12ClN3O4S2/c1-10(25)23-14-5-3-2-4-13(14)15(18(23)27)16-19(28)24(20(29)30-16)22-17(26)11-6-8-12(21)9-7-11/h2-9H,1H3,(H,22,26). The smallest absolute Gasteiger partial charge is 0.274 e. The summed E-state index contributed by atoms with van der Waals surface area (Å²) in [6.07, 6.45) is 0. The molecular formula is C20H12ClN3O4S2. The molecule has 0 bridgehead atoms. The Kier molecular flexibility index (Phi) is 5.19. The average Bonchev–Trinajstić information content (AvgIpc) is 3.15. The first-order valence-electron chi connectivity index (χ1n) is 8.61. The topological polar surface area (TPSA) is 86.8 Å². The number of anilines is 1. The van der Waals surface area contributed by atoms with E-state index >= 15 is 0 Å². The molecular weight excluding hydrogens is 446 g/mol. The fourth-order valence-electron chi connectivity index (χ4n) is 3.13. The number of nitrogens with zero attached hydrogens (tertiary/aromatic N) is 2. The number of hydrogen-bond acceptors (Lipinski definition) is 6. The second-order valence-electron chi connectivity index (χ2n) is 6.34. The number of nitrogens with one attached hydrogen (secondary N) is 1. The van der Waals surface area contributed by atoms with Gasteiger partial charge in [0.25, 0.3) is 17.7 Å². The van der Waals surface area contributed by atoms with E-state index in [2.05, 4.69) is 5.43 Å². The molecule has 1 N–H and O–H groups in total. The van der Waals surface area contributed by atoms with Gasteiger partial charge in [-0.1, -0.05) is 41.6 Å².